The Morgan fingerprint density at radius 3 is 2.28 bits per heavy atom. The van der Waals surface area contributed by atoms with Crippen LogP contribution in [0.2, 0.25) is 0 Å². The van der Waals surface area contributed by atoms with Crippen molar-refractivity contribution >= 4 is 5.91 Å². The Kier molecular flexibility index (Phi) is 9.65. The summed E-state index contributed by atoms with van der Waals surface area (Å²) in [4.78, 5) is 11.2. The van der Waals surface area contributed by atoms with Crippen molar-refractivity contribution in [2.75, 3.05) is 26.4 Å². The van der Waals surface area contributed by atoms with Gasteiger partial charge < -0.3 is 49.8 Å². The number of carbonyl (C=O) groups excluding carboxylic acids is 1. The van der Waals surface area contributed by atoms with Gasteiger partial charge in [-0.15, -0.1) is 0 Å². The molecule has 0 unspecified atom stereocenters. The summed E-state index contributed by atoms with van der Waals surface area (Å²) >= 11 is 0. The molecule has 32 heavy (non-hydrogen) atoms. The first kappa shape index (κ1) is 25.7. The second-order valence-corrected chi connectivity index (χ2v) is 9.00. The summed E-state index contributed by atoms with van der Waals surface area (Å²) in [6.07, 6.45) is -3.84. The highest BCUT2D eigenvalue weighted by Crippen LogP contribution is 2.29. The molecule has 2 heterocycles. The quantitative estimate of drug-likeness (QED) is 0.238. The van der Waals surface area contributed by atoms with Gasteiger partial charge in [0, 0.05) is 6.92 Å². The van der Waals surface area contributed by atoms with E-state index in [1.807, 2.05) is 0 Å². The fourth-order valence-electron chi connectivity index (χ4n) is 4.58. The number of aliphatic hydroxyl groups is 5. The molecular weight excluding hydrogens is 426 g/mol. The molecule has 11 heteroatoms. The predicted molar refractivity (Wildman–Crippen MR) is 109 cm³/mol. The lowest BCUT2D eigenvalue weighted by Gasteiger charge is -2.43. The van der Waals surface area contributed by atoms with Gasteiger partial charge in [0.05, 0.1) is 32.5 Å². The van der Waals surface area contributed by atoms with Crippen LogP contribution < -0.4 is 5.32 Å². The van der Waals surface area contributed by atoms with Crippen molar-refractivity contribution in [3.63, 3.8) is 0 Å². The van der Waals surface area contributed by atoms with E-state index in [4.69, 9.17) is 18.9 Å². The zero-order chi connectivity index (χ0) is 23.3. The van der Waals surface area contributed by atoms with Crippen molar-refractivity contribution in [2.24, 2.45) is 5.92 Å². The van der Waals surface area contributed by atoms with Gasteiger partial charge in [-0.3, -0.25) is 4.79 Å². The Morgan fingerprint density at radius 1 is 0.938 bits per heavy atom. The molecule has 6 N–H and O–H groups in total. The van der Waals surface area contributed by atoms with Gasteiger partial charge in [-0.25, -0.2) is 0 Å². The van der Waals surface area contributed by atoms with Crippen LogP contribution in [-0.4, -0.2) is 113 Å². The lowest BCUT2D eigenvalue weighted by molar-refractivity contribution is -0.317. The summed E-state index contributed by atoms with van der Waals surface area (Å²) in [6, 6.07) is -0.749. The smallest absolute Gasteiger partial charge is 0.217 e. The Morgan fingerprint density at radius 2 is 1.62 bits per heavy atom. The van der Waals surface area contributed by atoms with E-state index < -0.39 is 61.7 Å². The van der Waals surface area contributed by atoms with E-state index in [1.54, 1.807) is 0 Å². The van der Waals surface area contributed by atoms with E-state index >= 15 is 0 Å². The van der Waals surface area contributed by atoms with Gasteiger partial charge in [-0.2, -0.15) is 0 Å². The lowest BCUT2D eigenvalue weighted by Crippen LogP contribution is -2.62. The summed E-state index contributed by atoms with van der Waals surface area (Å²) < 4.78 is 22.9. The van der Waals surface area contributed by atoms with Gasteiger partial charge in [-0.05, 0) is 18.8 Å². The van der Waals surface area contributed by atoms with Crippen LogP contribution in [0.4, 0.5) is 0 Å². The molecule has 1 amide bonds. The van der Waals surface area contributed by atoms with Crippen LogP contribution in [0.3, 0.4) is 0 Å². The molecule has 3 rings (SSSR count). The standard InChI is InChI=1S/C21H37NO10/c1-11(24)22-13-9-29-15(18(27)16(13)25)10-30-20-19(28)17(26)14(7-23)32-21(20)31-8-12-5-3-2-4-6-12/h12-21,23,25-28H,2-10H2,1H3,(H,22,24)/t13-,14-,15-,16-,17-,18-,19+,20-,21+/m1/s1. The lowest BCUT2D eigenvalue weighted by atomic mass is 9.90. The summed E-state index contributed by atoms with van der Waals surface area (Å²) in [5.74, 6) is 0.0151. The van der Waals surface area contributed by atoms with Crippen LogP contribution in [0.1, 0.15) is 39.0 Å². The molecule has 0 aromatic carbocycles. The van der Waals surface area contributed by atoms with E-state index in [0.29, 0.717) is 12.5 Å². The SMILES string of the molecule is CC(=O)N[C@@H]1CO[C@H](CO[C@H]2[C@@H](OCC3CCCCC3)O[C@H](CO)[C@@H](O)[C@@H]2O)[C@@H](O)[C@@H]1O. The Labute approximate surface area is 187 Å². The monoisotopic (exact) mass is 463 g/mol. The van der Waals surface area contributed by atoms with Crippen molar-refractivity contribution in [2.45, 2.75) is 94.1 Å². The molecule has 186 valence electrons. The average molecular weight is 464 g/mol. The zero-order valence-electron chi connectivity index (χ0n) is 18.4. The van der Waals surface area contributed by atoms with Crippen LogP contribution in [-0.2, 0) is 23.7 Å². The average Bonchev–Trinajstić information content (AvgIpc) is 2.78. The fraction of sp³-hybridized carbons (Fsp3) is 0.952. The van der Waals surface area contributed by atoms with Gasteiger partial charge in [0.2, 0.25) is 5.91 Å². The molecule has 0 spiro atoms. The molecule has 2 saturated heterocycles. The van der Waals surface area contributed by atoms with E-state index in [0.717, 1.165) is 25.7 Å². The van der Waals surface area contributed by atoms with Crippen molar-refractivity contribution < 1.29 is 49.3 Å². The molecule has 1 saturated carbocycles. The van der Waals surface area contributed by atoms with Crippen LogP contribution >= 0.6 is 0 Å². The Hall–Kier alpha value is -0.890. The van der Waals surface area contributed by atoms with Crippen LogP contribution in [0.15, 0.2) is 0 Å². The normalized spacial score (nSPS) is 41.4. The minimum Gasteiger partial charge on any atom is -0.394 e. The predicted octanol–water partition coefficient (Wildman–Crippen LogP) is -1.97. The highest BCUT2D eigenvalue weighted by atomic mass is 16.7. The number of nitrogens with one attached hydrogen (secondary N) is 1. The maximum Gasteiger partial charge on any atom is 0.217 e. The largest absolute Gasteiger partial charge is 0.394 e. The molecule has 11 nitrogen and oxygen atoms in total. The van der Waals surface area contributed by atoms with Crippen molar-refractivity contribution in [1.82, 2.24) is 5.32 Å². The number of ether oxygens (including phenoxy) is 4. The van der Waals surface area contributed by atoms with E-state index in [9.17, 15) is 30.3 Å². The molecule has 3 fully saturated rings. The maximum absolute atomic E-state index is 11.2. The molecule has 3 aliphatic rings. The zero-order valence-corrected chi connectivity index (χ0v) is 18.4. The molecule has 0 aromatic rings. The number of carbonyl (C=O) groups is 1. The Balaban J connectivity index is 1.59. The third-order valence-corrected chi connectivity index (χ3v) is 6.52. The van der Waals surface area contributed by atoms with Crippen molar-refractivity contribution in [1.29, 1.82) is 0 Å². The second-order valence-electron chi connectivity index (χ2n) is 9.00. The summed E-state index contributed by atoms with van der Waals surface area (Å²) in [6.45, 7) is 0.986. The first-order chi connectivity index (χ1) is 15.3. The first-order valence-electron chi connectivity index (χ1n) is 11.4. The van der Waals surface area contributed by atoms with Gasteiger partial charge in [0.25, 0.3) is 0 Å². The molecular formula is C21H37NO10. The number of aliphatic hydroxyl groups excluding tert-OH is 5. The van der Waals surface area contributed by atoms with Crippen LogP contribution in [0, 0.1) is 5.92 Å². The molecule has 0 radical (unpaired) electrons. The minimum atomic E-state index is -1.39. The summed E-state index contributed by atoms with van der Waals surface area (Å²) in [5, 5.41) is 53.5. The van der Waals surface area contributed by atoms with Crippen LogP contribution in [0.25, 0.3) is 0 Å². The fourth-order valence-corrected chi connectivity index (χ4v) is 4.58. The minimum absolute atomic E-state index is 0.0215. The highest BCUT2D eigenvalue weighted by Gasteiger charge is 2.47. The van der Waals surface area contributed by atoms with Gasteiger partial charge >= 0.3 is 0 Å². The summed E-state index contributed by atoms with van der Waals surface area (Å²) in [5.41, 5.74) is 0. The van der Waals surface area contributed by atoms with E-state index in [2.05, 4.69) is 5.32 Å². The molecule has 1 aliphatic carbocycles. The van der Waals surface area contributed by atoms with Crippen molar-refractivity contribution in [3.8, 4) is 0 Å². The number of rotatable bonds is 8. The van der Waals surface area contributed by atoms with Gasteiger partial charge in [0.15, 0.2) is 6.29 Å². The molecule has 2 aliphatic heterocycles. The molecule has 0 aromatic heterocycles. The van der Waals surface area contributed by atoms with Crippen molar-refractivity contribution in [3.05, 3.63) is 0 Å². The number of amides is 1. The molecule has 0 bridgehead atoms. The molecule has 9 atom stereocenters. The number of hydrogen-bond acceptors (Lipinski definition) is 10. The van der Waals surface area contributed by atoms with E-state index in [1.165, 1.54) is 13.3 Å². The van der Waals surface area contributed by atoms with Crippen LogP contribution in [0.5, 0.6) is 0 Å². The van der Waals surface area contributed by atoms with Gasteiger partial charge in [0.1, 0.15) is 42.7 Å². The summed E-state index contributed by atoms with van der Waals surface area (Å²) in [7, 11) is 0. The van der Waals surface area contributed by atoms with E-state index in [-0.39, 0.29) is 19.1 Å². The third-order valence-electron chi connectivity index (χ3n) is 6.52. The third kappa shape index (κ3) is 6.37. The van der Waals surface area contributed by atoms with Gasteiger partial charge in [-0.1, -0.05) is 19.3 Å². The Bertz CT molecular complexity index is 589. The first-order valence-corrected chi connectivity index (χ1v) is 11.4. The maximum atomic E-state index is 11.2. The second kappa shape index (κ2) is 12.0. The highest BCUT2D eigenvalue weighted by molar-refractivity contribution is 5.73. The number of hydrogen-bond donors (Lipinski definition) is 6. The topological polar surface area (TPSA) is 167 Å².